The van der Waals surface area contributed by atoms with Gasteiger partial charge in [-0.3, -0.25) is 0 Å². The molecular weight excluding hydrogens is 190 g/mol. The van der Waals surface area contributed by atoms with Gasteiger partial charge in [0.1, 0.15) is 0 Å². The molecule has 0 bridgehead atoms. The van der Waals surface area contributed by atoms with Crippen molar-refractivity contribution in [1.82, 2.24) is 4.98 Å². The van der Waals surface area contributed by atoms with E-state index < -0.39 is 0 Å². The number of aromatic amines is 1. The third-order valence-corrected chi connectivity index (χ3v) is 2.39. The standard InChI is InChI=1S/C12H15NO2/c1-2-3-6-15-12-7-9-4-5-13-10(9)8-11(12)14/h4-5,7-8,13-14H,2-3,6H2,1H3. The molecule has 0 aliphatic carbocycles. The second kappa shape index (κ2) is 4.26. The number of aromatic nitrogens is 1. The highest BCUT2D eigenvalue weighted by Crippen LogP contribution is 2.30. The van der Waals surface area contributed by atoms with Crippen LogP contribution in [0.2, 0.25) is 0 Å². The first-order valence-electron chi connectivity index (χ1n) is 5.24. The lowest BCUT2D eigenvalue weighted by Crippen LogP contribution is -1.96. The summed E-state index contributed by atoms with van der Waals surface area (Å²) in [6, 6.07) is 5.51. The van der Waals surface area contributed by atoms with Gasteiger partial charge in [-0.25, -0.2) is 0 Å². The number of unbranched alkanes of at least 4 members (excludes halogenated alkanes) is 1. The largest absolute Gasteiger partial charge is 0.504 e. The molecule has 0 unspecified atom stereocenters. The maximum Gasteiger partial charge on any atom is 0.161 e. The molecular formula is C12H15NO2. The van der Waals surface area contributed by atoms with Crippen molar-refractivity contribution in [2.45, 2.75) is 19.8 Å². The molecule has 0 atom stereocenters. The Morgan fingerprint density at radius 3 is 3.07 bits per heavy atom. The molecule has 3 heteroatoms. The first kappa shape index (κ1) is 9.90. The summed E-state index contributed by atoms with van der Waals surface area (Å²) in [5.41, 5.74) is 0.926. The number of hydrogen-bond acceptors (Lipinski definition) is 2. The molecule has 2 N–H and O–H groups in total. The van der Waals surface area contributed by atoms with Crippen molar-refractivity contribution in [3.8, 4) is 11.5 Å². The monoisotopic (exact) mass is 205 g/mol. The summed E-state index contributed by atoms with van der Waals surface area (Å²) in [4.78, 5) is 3.04. The topological polar surface area (TPSA) is 45.2 Å². The van der Waals surface area contributed by atoms with E-state index in [0.717, 1.165) is 23.7 Å². The fourth-order valence-corrected chi connectivity index (χ4v) is 1.51. The number of phenols is 1. The molecule has 1 aromatic carbocycles. The van der Waals surface area contributed by atoms with Gasteiger partial charge < -0.3 is 14.8 Å². The fourth-order valence-electron chi connectivity index (χ4n) is 1.51. The Balaban J connectivity index is 2.22. The van der Waals surface area contributed by atoms with Gasteiger partial charge in [-0.15, -0.1) is 0 Å². The minimum Gasteiger partial charge on any atom is -0.504 e. The normalized spacial score (nSPS) is 10.7. The predicted octanol–water partition coefficient (Wildman–Crippen LogP) is 3.05. The average Bonchev–Trinajstić information content (AvgIpc) is 2.65. The third-order valence-electron chi connectivity index (χ3n) is 2.39. The van der Waals surface area contributed by atoms with E-state index in [4.69, 9.17) is 4.74 Å². The second-order valence-corrected chi connectivity index (χ2v) is 3.59. The zero-order valence-electron chi connectivity index (χ0n) is 8.79. The Bertz CT molecular complexity index is 448. The van der Waals surface area contributed by atoms with Gasteiger partial charge in [-0.05, 0) is 18.6 Å². The summed E-state index contributed by atoms with van der Waals surface area (Å²) < 4.78 is 5.49. The van der Waals surface area contributed by atoms with Crippen molar-refractivity contribution < 1.29 is 9.84 Å². The molecule has 0 fully saturated rings. The number of aromatic hydroxyl groups is 1. The van der Waals surface area contributed by atoms with E-state index in [1.165, 1.54) is 0 Å². The summed E-state index contributed by atoms with van der Waals surface area (Å²) in [6.45, 7) is 2.76. The SMILES string of the molecule is CCCCOc1cc2cc[nH]c2cc1O. The van der Waals surface area contributed by atoms with Gasteiger partial charge in [0.2, 0.25) is 0 Å². The lowest BCUT2D eigenvalue weighted by molar-refractivity contribution is 0.293. The summed E-state index contributed by atoms with van der Waals surface area (Å²) in [7, 11) is 0. The Labute approximate surface area is 88.7 Å². The van der Waals surface area contributed by atoms with Crippen LogP contribution in [-0.2, 0) is 0 Å². The quantitative estimate of drug-likeness (QED) is 0.753. The zero-order valence-corrected chi connectivity index (χ0v) is 8.79. The third kappa shape index (κ3) is 2.06. The Kier molecular flexibility index (Phi) is 2.81. The molecule has 2 aromatic rings. The van der Waals surface area contributed by atoms with E-state index in [1.54, 1.807) is 6.07 Å². The van der Waals surface area contributed by atoms with Gasteiger partial charge in [-0.2, -0.15) is 0 Å². The number of rotatable bonds is 4. The lowest BCUT2D eigenvalue weighted by atomic mass is 10.2. The zero-order chi connectivity index (χ0) is 10.7. The van der Waals surface area contributed by atoms with Crippen molar-refractivity contribution in [3.63, 3.8) is 0 Å². The van der Waals surface area contributed by atoms with Crippen LogP contribution < -0.4 is 4.74 Å². The van der Waals surface area contributed by atoms with Crippen LogP contribution in [0.3, 0.4) is 0 Å². The Morgan fingerprint density at radius 2 is 2.27 bits per heavy atom. The van der Waals surface area contributed by atoms with E-state index >= 15 is 0 Å². The van der Waals surface area contributed by atoms with Crippen molar-refractivity contribution >= 4 is 10.9 Å². The van der Waals surface area contributed by atoms with Crippen LogP contribution in [0.4, 0.5) is 0 Å². The fraction of sp³-hybridized carbons (Fsp3) is 0.333. The summed E-state index contributed by atoms with van der Waals surface area (Å²) >= 11 is 0. The molecule has 0 saturated carbocycles. The van der Waals surface area contributed by atoms with Gasteiger partial charge in [0, 0.05) is 23.2 Å². The van der Waals surface area contributed by atoms with Crippen molar-refractivity contribution in [2.24, 2.45) is 0 Å². The van der Waals surface area contributed by atoms with E-state index in [0.29, 0.717) is 12.4 Å². The van der Waals surface area contributed by atoms with Crippen LogP contribution in [-0.4, -0.2) is 16.7 Å². The van der Waals surface area contributed by atoms with Crippen LogP contribution in [0.15, 0.2) is 24.4 Å². The van der Waals surface area contributed by atoms with Crippen LogP contribution >= 0.6 is 0 Å². The van der Waals surface area contributed by atoms with E-state index in [9.17, 15) is 5.11 Å². The smallest absolute Gasteiger partial charge is 0.161 e. The average molecular weight is 205 g/mol. The van der Waals surface area contributed by atoms with Crippen LogP contribution in [0.5, 0.6) is 11.5 Å². The Hall–Kier alpha value is -1.64. The van der Waals surface area contributed by atoms with E-state index in [2.05, 4.69) is 11.9 Å². The molecule has 2 rings (SSSR count). The van der Waals surface area contributed by atoms with E-state index in [1.807, 2.05) is 18.3 Å². The minimum absolute atomic E-state index is 0.195. The molecule has 3 nitrogen and oxygen atoms in total. The van der Waals surface area contributed by atoms with Gasteiger partial charge >= 0.3 is 0 Å². The second-order valence-electron chi connectivity index (χ2n) is 3.59. The lowest BCUT2D eigenvalue weighted by Gasteiger charge is -2.07. The van der Waals surface area contributed by atoms with Crippen LogP contribution in [0.1, 0.15) is 19.8 Å². The molecule has 1 aromatic heterocycles. The first-order chi connectivity index (χ1) is 7.31. The van der Waals surface area contributed by atoms with E-state index in [-0.39, 0.29) is 5.75 Å². The number of benzene rings is 1. The molecule has 0 amide bonds. The summed E-state index contributed by atoms with van der Waals surface area (Å²) in [6.07, 6.45) is 3.94. The molecule has 0 spiro atoms. The summed E-state index contributed by atoms with van der Waals surface area (Å²) in [5.74, 6) is 0.761. The highest BCUT2D eigenvalue weighted by Gasteiger charge is 2.05. The molecule has 0 aliphatic rings. The van der Waals surface area contributed by atoms with Gasteiger partial charge in [-0.1, -0.05) is 13.3 Å². The summed E-state index contributed by atoms with van der Waals surface area (Å²) in [5, 5.41) is 10.7. The Morgan fingerprint density at radius 1 is 1.40 bits per heavy atom. The van der Waals surface area contributed by atoms with Gasteiger partial charge in [0.05, 0.1) is 6.61 Å². The molecule has 80 valence electrons. The number of fused-ring (bicyclic) bond motifs is 1. The maximum atomic E-state index is 9.68. The number of phenolic OH excluding ortho intramolecular Hbond substituents is 1. The highest BCUT2D eigenvalue weighted by atomic mass is 16.5. The van der Waals surface area contributed by atoms with Crippen molar-refractivity contribution in [1.29, 1.82) is 0 Å². The van der Waals surface area contributed by atoms with Crippen molar-refractivity contribution in [3.05, 3.63) is 24.4 Å². The molecule has 1 heterocycles. The molecule has 0 aliphatic heterocycles. The van der Waals surface area contributed by atoms with Crippen molar-refractivity contribution in [2.75, 3.05) is 6.61 Å². The van der Waals surface area contributed by atoms with Gasteiger partial charge in [0.25, 0.3) is 0 Å². The number of H-pyrrole nitrogens is 1. The number of ether oxygens (including phenoxy) is 1. The van der Waals surface area contributed by atoms with Crippen LogP contribution in [0.25, 0.3) is 10.9 Å². The number of hydrogen-bond donors (Lipinski definition) is 2. The molecule has 0 radical (unpaired) electrons. The van der Waals surface area contributed by atoms with Gasteiger partial charge in [0.15, 0.2) is 11.5 Å². The maximum absolute atomic E-state index is 9.68. The first-order valence-corrected chi connectivity index (χ1v) is 5.24. The predicted molar refractivity (Wildman–Crippen MR) is 60.4 cm³/mol. The molecule has 15 heavy (non-hydrogen) atoms. The molecule has 0 saturated heterocycles. The minimum atomic E-state index is 0.195. The number of nitrogens with one attached hydrogen (secondary N) is 1. The highest BCUT2D eigenvalue weighted by molar-refractivity contribution is 5.83. The van der Waals surface area contributed by atoms with Crippen LogP contribution in [0, 0.1) is 0 Å².